The van der Waals surface area contributed by atoms with Gasteiger partial charge in [0.15, 0.2) is 0 Å². The van der Waals surface area contributed by atoms with Crippen LogP contribution in [0.1, 0.15) is 91.8 Å². The highest BCUT2D eigenvalue weighted by atomic mass is 35.5. The smallest absolute Gasteiger partial charge is 0.403 e. The van der Waals surface area contributed by atoms with Gasteiger partial charge in [-0.1, -0.05) is 93.0 Å². The monoisotopic (exact) mass is 793 g/mol. The molecule has 1 aliphatic carbocycles. The number of fused-ring (bicyclic) bond motifs is 1. The van der Waals surface area contributed by atoms with Crippen LogP contribution in [0.15, 0.2) is 85.1 Å². The van der Waals surface area contributed by atoms with Crippen molar-refractivity contribution in [1.29, 1.82) is 0 Å². The van der Waals surface area contributed by atoms with Crippen LogP contribution in [0.2, 0.25) is 15.9 Å². The molecule has 4 fully saturated rings. The van der Waals surface area contributed by atoms with E-state index in [4.69, 9.17) is 40.8 Å². The number of hydrogen-bond donors (Lipinski definition) is 1. The number of amides is 1. The molecule has 4 aliphatic rings. The Hall–Kier alpha value is -3.09. The SMILES string of the molecule is CC1(N2CCC(c3cc4cc(C5(C(N)=O)CC5B5OC(C)(C)C(C)(C)O5)ncc4cc3Cl)CC2)COCC1O[Si](c1ccccc1)(c1ccccc1)C(C)(C)C. The second-order valence-electron chi connectivity index (χ2n) is 19.0. The number of primary amides is 1. The van der Waals surface area contributed by atoms with Gasteiger partial charge >= 0.3 is 7.12 Å². The fourth-order valence-electron chi connectivity index (χ4n) is 9.82. The van der Waals surface area contributed by atoms with Crippen LogP contribution in [-0.4, -0.2) is 80.4 Å². The molecule has 1 saturated carbocycles. The summed E-state index contributed by atoms with van der Waals surface area (Å²) in [4.78, 5) is 20.6. The van der Waals surface area contributed by atoms with Crippen molar-refractivity contribution in [2.45, 2.75) is 120 Å². The first kappa shape index (κ1) is 39.7. The van der Waals surface area contributed by atoms with Crippen LogP contribution in [0.25, 0.3) is 10.8 Å². The predicted octanol–water partition coefficient (Wildman–Crippen LogP) is 7.39. The number of piperidine rings is 1. The fraction of sp³-hybridized carbons (Fsp3) is 0.511. The molecule has 8 rings (SSSR count). The van der Waals surface area contributed by atoms with Crippen LogP contribution in [-0.2, 0) is 28.7 Å². The highest BCUT2D eigenvalue weighted by molar-refractivity contribution is 6.99. The van der Waals surface area contributed by atoms with E-state index in [0.29, 0.717) is 25.3 Å². The maximum absolute atomic E-state index is 13.2. The van der Waals surface area contributed by atoms with Gasteiger partial charge in [-0.2, -0.15) is 0 Å². The molecule has 3 aromatic carbocycles. The minimum absolute atomic E-state index is 0.0958. The van der Waals surface area contributed by atoms with Gasteiger partial charge < -0.3 is 24.2 Å². The number of nitrogens with two attached hydrogens (primary N) is 1. The summed E-state index contributed by atoms with van der Waals surface area (Å²) in [6.45, 7) is 20.4. The van der Waals surface area contributed by atoms with Crippen molar-refractivity contribution >= 4 is 54.1 Å². The molecule has 0 radical (unpaired) electrons. The van der Waals surface area contributed by atoms with E-state index in [2.05, 4.69) is 99.3 Å². The summed E-state index contributed by atoms with van der Waals surface area (Å²) in [6.07, 6.45) is 4.18. The topological polar surface area (TPSA) is 96.1 Å². The number of hydrogen-bond acceptors (Lipinski definition) is 7. The molecule has 4 aromatic rings. The number of benzene rings is 3. The van der Waals surface area contributed by atoms with Crippen molar-refractivity contribution in [3.63, 3.8) is 0 Å². The van der Waals surface area contributed by atoms with E-state index in [9.17, 15) is 4.79 Å². The van der Waals surface area contributed by atoms with E-state index in [1.165, 1.54) is 10.4 Å². The molecular weight excluding hydrogens is 737 g/mol. The molecule has 11 heteroatoms. The quantitative estimate of drug-likeness (QED) is 0.177. The average Bonchev–Trinajstić information content (AvgIpc) is 3.76. The highest BCUT2D eigenvalue weighted by Gasteiger charge is 2.71. The molecule has 2 N–H and O–H groups in total. The van der Waals surface area contributed by atoms with Crippen LogP contribution < -0.4 is 16.1 Å². The van der Waals surface area contributed by atoms with Crippen molar-refractivity contribution in [2.24, 2.45) is 5.73 Å². The standard InChI is InChI=1S/C45H57BClN3O5Si/c1-41(2,3)56(33-15-11-9-12-16-33,34-17-13-10-14-18-34)53-39-28-52-29-44(39,8)50-21-19-30(20-22-50)35-23-31-25-38(49-27-32(31)24-36(35)47)45(40(48)51)26-37(45)46-54-42(4,5)43(6,7)55-46/h9-18,23-25,27,30,37,39H,19-22,26,28-29H2,1-8H3,(H2,48,51). The van der Waals surface area contributed by atoms with Crippen LogP contribution in [0.5, 0.6) is 0 Å². The maximum Gasteiger partial charge on any atom is 0.462 e. The minimum Gasteiger partial charge on any atom is -0.403 e. The highest BCUT2D eigenvalue weighted by Crippen LogP contribution is 2.63. The van der Waals surface area contributed by atoms with Crippen LogP contribution in [0.3, 0.4) is 0 Å². The molecule has 8 nitrogen and oxygen atoms in total. The lowest BCUT2D eigenvalue weighted by Gasteiger charge is -2.50. The molecule has 4 unspecified atom stereocenters. The van der Waals surface area contributed by atoms with Gasteiger partial charge in [0.25, 0.3) is 8.32 Å². The number of likely N-dealkylation sites (tertiary alicyclic amines) is 1. The Balaban J connectivity index is 1.03. The van der Waals surface area contributed by atoms with Gasteiger partial charge in [-0.25, -0.2) is 0 Å². The number of halogens is 1. The van der Waals surface area contributed by atoms with Crippen LogP contribution >= 0.6 is 11.6 Å². The van der Waals surface area contributed by atoms with E-state index in [1.807, 2.05) is 46.0 Å². The molecule has 3 saturated heterocycles. The first-order valence-electron chi connectivity index (χ1n) is 20.3. The Morgan fingerprint density at radius 1 is 0.911 bits per heavy atom. The lowest BCUT2D eigenvalue weighted by Crippen LogP contribution is -2.70. The Kier molecular flexibility index (Phi) is 9.96. The fourth-order valence-corrected chi connectivity index (χ4v) is 14.9. The third kappa shape index (κ3) is 6.39. The molecule has 4 heterocycles. The third-order valence-electron chi connectivity index (χ3n) is 14.1. The van der Waals surface area contributed by atoms with Crippen LogP contribution in [0, 0.1) is 0 Å². The Bertz CT molecular complexity index is 2050. The molecule has 56 heavy (non-hydrogen) atoms. The molecule has 1 amide bonds. The lowest BCUT2D eigenvalue weighted by atomic mass is 9.75. The van der Waals surface area contributed by atoms with Gasteiger partial charge in [-0.05, 0) is 117 Å². The van der Waals surface area contributed by atoms with Gasteiger partial charge in [-0.3, -0.25) is 14.7 Å². The van der Waals surface area contributed by atoms with E-state index in [-0.39, 0.29) is 28.4 Å². The molecular formula is C45H57BClN3O5Si. The number of aromatic nitrogens is 1. The van der Waals surface area contributed by atoms with Crippen molar-refractivity contribution in [3.8, 4) is 0 Å². The zero-order chi connectivity index (χ0) is 39.9. The van der Waals surface area contributed by atoms with Gasteiger partial charge in [0.2, 0.25) is 5.91 Å². The molecule has 296 valence electrons. The van der Waals surface area contributed by atoms with Crippen LogP contribution in [0.4, 0.5) is 0 Å². The first-order valence-corrected chi connectivity index (χ1v) is 22.6. The summed E-state index contributed by atoms with van der Waals surface area (Å²) in [7, 11) is -3.32. The van der Waals surface area contributed by atoms with Crippen molar-refractivity contribution in [3.05, 3.63) is 101 Å². The Morgan fingerprint density at radius 2 is 1.50 bits per heavy atom. The van der Waals surface area contributed by atoms with E-state index in [1.54, 1.807) is 0 Å². The van der Waals surface area contributed by atoms with E-state index < -0.39 is 38.0 Å². The summed E-state index contributed by atoms with van der Waals surface area (Å²) >= 11 is 7.05. The molecule has 0 bridgehead atoms. The van der Waals surface area contributed by atoms with Crippen molar-refractivity contribution in [1.82, 2.24) is 9.88 Å². The summed E-state index contributed by atoms with van der Waals surface area (Å²) in [5.41, 5.74) is 5.72. The van der Waals surface area contributed by atoms with Gasteiger partial charge in [0.1, 0.15) is 0 Å². The number of carbonyl (C=O) groups excluding carboxylic acids is 1. The zero-order valence-corrected chi connectivity index (χ0v) is 36.0. The summed E-state index contributed by atoms with van der Waals surface area (Å²) in [6, 6.07) is 28.0. The second-order valence-corrected chi connectivity index (χ2v) is 23.6. The van der Waals surface area contributed by atoms with E-state index >= 15 is 0 Å². The van der Waals surface area contributed by atoms with Gasteiger partial charge in [0, 0.05) is 22.4 Å². The predicted molar refractivity (Wildman–Crippen MR) is 227 cm³/mol. The molecule has 0 spiro atoms. The molecule has 1 aromatic heterocycles. The molecule has 3 aliphatic heterocycles. The minimum atomic E-state index is -2.78. The second kappa shape index (κ2) is 14.0. The first-order chi connectivity index (χ1) is 26.4. The number of ether oxygens (including phenoxy) is 1. The number of carbonyl (C=O) groups is 1. The number of nitrogens with zero attached hydrogens (tertiary/aromatic N) is 2. The van der Waals surface area contributed by atoms with Gasteiger partial charge in [-0.15, -0.1) is 0 Å². The summed E-state index contributed by atoms with van der Waals surface area (Å²) in [5, 5.41) is 5.13. The van der Waals surface area contributed by atoms with Crippen molar-refractivity contribution < 1.29 is 23.3 Å². The maximum atomic E-state index is 13.2. The Morgan fingerprint density at radius 3 is 2.05 bits per heavy atom. The average molecular weight is 794 g/mol. The number of rotatable bonds is 9. The normalized spacial score (nSPS) is 28.2. The summed E-state index contributed by atoms with van der Waals surface area (Å²) in [5.74, 6) is -0.315. The van der Waals surface area contributed by atoms with Crippen molar-refractivity contribution in [2.75, 3.05) is 26.3 Å². The van der Waals surface area contributed by atoms with E-state index in [0.717, 1.165) is 47.3 Å². The lowest BCUT2D eigenvalue weighted by molar-refractivity contribution is -0.120. The third-order valence-corrected chi connectivity index (χ3v) is 19.5. The number of pyridine rings is 1. The molecule has 4 atom stereocenters. The van der Waals surface area contributed by atoms with Gasteiger partial charge in [0.05, 0.1) is 47.2 Å². The summed E-state index contributed by atoms with van der Waals surface area (Å²) < 4.78 is 26.8. The Labute approximate surface area is 339 Å². The zero-order valence-electron chi connectivity index (χ0n) is 34.2. The largest absolute Gasteiger partial charge is 0.462 e.